The first kappa shape index (κ1) is 14.5. The second-order valence-electron chi connectivity index (χ2n) is 4.61. The van der Waals surface area contributed by atoms with Gasteiger partial charge in [0.25, 0.3) is 0 Å². The first-order valence-electron chi connectivity index (χ1n) is 5.99. The van der Waals surface area contributed by atoms with Crippen molar-refractivity contribution in [1.29, 1.82) is 0 Å². The van der Waals surface area contributed by atoms with E-state index in [0.29, 0.717) is 25.8 Å². The molecule has 0 bridgehead atoms. The predicted molar refractivity (Wildman–Crippen MR) is 65.6 cm³/mol. The van der Waals surface area contributed by atoms with E-state index in [2.05, 4.69) is 10.3 Å². The molecule has 1 aromatic heterocycles. The van der Waals surface area contributed by atoms with Gasteiger partial charge in [-0.15, -0.1) is 0 Å². The zero-order valence-corrected chi connectivity index (χ0v) is 10.6. The van der Waals surface area contributed by atoms with E-state index in [1.807, 2.05) is 6.92 Å². The summed E-state index contributed by atoms with van der Waals surface area (Å²) >= 11 is 0. The van der Waals surface area contributed by atoms with Gasteiger partial charge in [-0.05, 0) is 13.0 Å². The number of alkyl halides is 3. The number of aromatic nitrogens is 1. The van der Waals surface area contributed by atoms with Crippen LogP contribution in [0.3, 0.4) is 0 Å². The number of anilines is 1. The third-order valence-electron chi connectivity index (χ3n) is 3.06. The van der Waals surface area contributed by atoms with Gasteiger partial charge in [0, 0.05) is 25.7 Å². The highest BCUT2D eigenvalue weighted by Crippen LogP contribution is 2.35. The zero-order chi connectivity index (χ0) is 14.9. The lowest BCUT2D eigenvalue weighted by molar-refractivity contribution is -0.384. The molecule has 2 rings (SSSR count). The topological polar surface area (TPSA) is 71.3 Å². The van der Waals surface area contributed by atoms with Gasteiger partial charge in [0.15, 0.2) is 0 Å². The molecule has 1 fully saturated rings. The summed E-state index contributed by atoms with van der Waals surface area (Å²) in [5.41, 5.74) is -1.57. The van der Waals surface area contributed by atoms with E-state index < -0.39 is 22.5 Å². The van der Waals surface area contributed by atoms with Crippen molar-refractivity contribution in [3.8, 4) is 0 Å². The van der Waals surface area contributed by atoms with Gasteiger partial charge in [0.1, 0.15) is 17.6 Å². The van der Waals surface area contributed by atoms with Crippen LogP contribution in [0, 0.1) is 10.1 Å². The molecule has 0 spiro atoms. The molecular weight excluding hydrogens is 277 g/mol. The summed E-state index contributed by atoms with van der Waals surface area (Å²) < 4.78 is 38.0. The summed E-state index contributed by atoms with van der Waals surface area (Å²) in [6.45, 7) is 3.24. The molecule has 0 saturated carbocycles. The smallest absolute Gasteiger partial charge is 0.363 e. The Hall–Kier alpha value is -1.90. The molecule has 9 heteroatoms. The predicted octanol–water partition coefficient (Wildman–Crippen LogP) is 1.81. The lowest BCUT2D eigenvalue weighted by Crippen LogP contribution is -2.49. The third-order valence-corrected chi connectivity index (χ3v) is 3.06. The number of pyridine rings is 1. The van der Waals surface area contributed by atoms with Crippen LogP contribution in [0.5, 0.6) is 0 Å². The molecule has 0 aliphatic carbocycles. The van der Waals surface area contributed by atoms with E-state index in [-0.39, 0.29) is 11.7 Å². The van der Waals surface area contributed by atoms with E-state index in [9.17, 15) is 23.3 Å². The van der Waals surface area contributed by atoms with Crippen LogP contribution in [0.25, 0.3) is 0 Å². The molecule has 2 heterocycles. The van der Waals surface area contributed by atoms with Crippen LogP contribution >= 0.6 is 0 Å². The lowest BCUT2D eigenvalue weighted by atomic mass is 10.2. The van der Waals surface area contributed by atoms with Crippen LogP contribution in [0.1, 0.15) is 12.6 Å². The Morgan fingerprint density at radius 2 is 2.25 bits per heavy atom. The van der Waals surface area contributed by atoms with E-state index in [0.717, 1.165) is 6.07 Å². The summed E-state index contributed by atoms with van der Waals surface area (Å²) in [5, 5.41) is 14.1. The van der Waals surface area contributed by atoms with Gasteiger partial charge in [0.05, 0.1) is 4.92 Å². The van der Waals surface area contributed by atoms with Crippen molar-refractivity contribution >= 4 is 11.4 Å². The fourth-order valence-corrected chi connectivity index (χ4v) is 2.14. The van der Waals surface area contributed by atoms with Crippen LogP contribution in [-0.4, -0.2) is 35.6 Å². The number of piperazine rings is 1. The lowest BCUT2D eigenvalue weighted by Gasteiger charge is -2.33. The zero-order valence-electron chi connectivity index (χ0n) is 10.6. The van der Waals surface area contributed by atoms with Gasteiger partial charge in [0.2, 0.25) is 0 Å². The van der Waals surface area contributed by atoms with Crippen molar-refractivity contribution < 1.29 is 18.1 Å². The molecular formula is C11H13F3N4O2. The molecule has 1 saturated heterocycles. The van der Waals surface area contributed by atoms with Crippen LogP contribution in [-0.2, 0) is 6.18 Å². The molecule has 0 amide bonds. The normalized spacial score (nSPS) is 20.0. The molecule has 110 valence electrons. The fourth-order valence-electron chi connectivity index (χ4n) is 2.14. The number of nitrogens with one attached hydrogen (secondary N) is 1. The molecule has 6 nitrogen and oxygen atoms in total. The molecule has 1 N–H and O–H groups in total. The van der Waals surface area contributed by atoms with Crippen molar-refractivity contribution in [2.45, 2.75) is 19.1 Å². The summed E-state index contributed by atoms with van der Waals surface area (Å²) in [4.78, 5) is 15.0. The molecule has 1 aromatic rings. The van der Waals surface area contributed by atoms with E-state index in [4.69, 9.17) is 0 Å². The minimum absolute atomic E-state index is 0.0364. The highest BCUT2D eigenvalue weighted by atomic mass is 19.4. The standard InChI is InChI=1S/C11H13F3N4O2/c1-7-6-17(3-2-15-7)8-4-10(11(12,13)14)16-5-9(8)18(19)20/h4-5,7,15H,2-3,6H2,1H3/t7-/m0/s1. The molecule has 0 unspecified atom stereocenters. The number of halogens is 3. The first-order valence-corrected chi connectivity index (χ1v) is 5.99. The average Bonchev–Trinajstić information content (AvgIpc) is 2.37. The second kappa shape index (κ2) is 5.23. The van der Waals surface area contributed by atoms with Crippen molar-refractivity contribution in [3.05, 3.63) is 28.1 Å². The molecule has 0 aromatic carbocycles. The molecule has 0 radical (unpaired) electrons. The number of hydrogen-bond acceptors (Lipinski definition) is 5. The van der Waals surface area contributed by atoms with Gasteiger partial charge in [-0.2, -0.15) is 13.2 Å². The fraction of sp³-hybridized carbons (Fsp3) is 0.545. The van der Waals surface area contributed by atoms with E-state index >= 15 is 0 Å². The highest BCUT2D eigenvalue weighted by Gasteiger charge is 2.35. The van der Waals surface area contributed by atoms with Crippen molar-refractivity contribution in [1.82, 2.24) is 10.3 Å². The van der Waals surface area contributed by atoms with Gasteiger partial charge < -0.3 is 10.2 Å². The quantitative estimate of drug-likeness (QED) is 0.664. The van der Waals surface area contributed by atoms with Gasteiger partial charge in [-0.1, -0.05) is 0 Å². The molecule has 1 atom stereocenters. The highest BCUT2D eigenvalue weighted by molar-refractivity contribution is 5.63. The Morgan fingerprint density at radius 3 is 2.80 bits per heavy atom. The summed E-state index contributed by atoms with van der Waals surface area (Å²) in [6, 6.07) is 0.793. The van der Waals surface area contributed by atoms with Gasteiger partial charge >= 0.3 is 11.9 Å². The SMILES string of the molecule is C[C@H]1CN(c2cc(C(F)(F)F)ncc2[N+](=O)[O-])CCN1. The van der Waals surface area contributed by atoms with E-state index in [1.54, 1.807) is 4.90 Å². The third kappa shape index (κ3) is 2.98. The molecule has 20 heavy (non-hydrogen) atoms. The Kier molecular flexibility index (Phi) is 3.80. The average molecular weight is 290 g/mol. The largest absolute Gasteiger partial charge is 0.433 e. The van der Waals surface area contributed by atoms with Gasteiger partial charge in [-0.3, -0.25) is 10.1 Å². The number of nitrogens with zero attached hydrogens (tertiary/aromatic N) is 3. The molecule has 1 aliphatic heterocycles. The van der Waals surface area contributed by atoms with Crippen molar-refractivity contribution in [3.63, 3.8) is 0 Å². The van der Waals surface area contributed by atoms with Crippen LogP contribution in [0.2, 0.25) is 0 Å². The minimum Gasteiger partial charge on any atom is -0.363 e. The number of nitro groups is 1. The molecule has 1 aliphatic rings. The first-order chi connectivity index (χ1) is 9.29. The summed E-state index contributed by atoms with van der Waals surface area (Å²) in [6.07, 6.45) is -3.95. The van der Waals surface area contributed by atoms with Crippen molar-refractivity contribution in [2.24, 2.45) is 0 Å². The van der Waals surface area contributed by atoms with E-state index in [1.165, 1.54) is 0 Å². The second-order valence-corrected chi connectivity index (χ2v) is 4.61. The Morgan fingerprint density at radius 1 is 1.55 bits per heavy atom. The Balaban J connectivity index is 2.44. The van der Waals surface area contributed by atoms with Crippen molar-refractivity contribution in [2.75, 3.05) is 24.5 Å². The maximum Gasteiger partial charge on any atom is 0.433 e. The van der Waals surface area contributed by atoms with Crippen LogP contribution < -0.4 is 10.2 Å². The van der Waals surface area contributed by atoms with Crippen LogP contribution in [0.4, 0.5) is 24.5 Å². The Labute approximate surface area is 112 Å². The summed E-state index contributed by atoms with van der Waals surface area (Å²) in [5.74, 6) is 0. The maximum atomic E-state index is 12.7. The minimum atomic E-state index is -4.62. The monoisotopic (exact) mass is 290 g/mol. The summed E-state index contributed by atoms with van der Waals surface area (Å²) in [7, 11) is 0. The maximum absolute atomic E-state index is 12.7. The number of rotatable bonds is 2. The number of hydrogen-bond donors (Lipinski definition) is 1. The van der Waals surface area contributed by atoms with Crippen LogP contribution in [0.15, 0.2) is 12.3 Å². The Bertz CT molecular complexity index is 521. The van der Waals surface area contributed by atoms with Gasteiger partial charge in [-0.25, -0.2) is 4.98 Å².